The maximum atomic E-state index is 11.7. The summed E-state index contributed by atoms with van der Waals surface area (Å²) in [4.78, 5) is 22.4. The molecule has 0 saturated heterocycles. The number of aromatic carboxylic acids is 1. The fourth-order valence-corrected chi connectivity index (χ4v) is 2.11. The number of carboxylic acids is 1. The number of carboxylic acid groups (broad SMARTS) is 1. The van der Waals surface area contributed by atoms with Crippen LogP contribution in [0.25, 0.3) is 0 Å². The lowest BCUT2D eigenvalue weighted by Gasteiger charge is -2.14. The quantitative estimate of drug-likeness (QED) is 0.604. The van der Waals surface area contributed by atoms with E-state index in [4.69, 9.17) is 5.11 Å². The topological polar surface area (TPSA) is 98.7 Å². The average Bonchev–Trinajstić information content (AvgIpc) is 2.38. The molecule has 0 saturated carbocycles. The van der Waals surface area contributed by atoms with E-state index >= 15 is 0 Å². The number of phenols is 1. The second kappa shape index (κ2) is 7.64. The summed E-state index contributed by atoms with van der Waals surface area (Å²) in [5, 5.41) is 23.6. The minimum Gasteiger partial charge on any atom is -0.506 e. The van der Waals surface area contributed by atoms with Crippen LogP contribution in [-0.4, -0.2) is 40.3 Å². The molecule has 1 aromatic rings. The highest BCUT2D eigenvalue weighted by Gasteiger charge is 2.11. The van der Waals surface area contributed by atoms with Crippen LogP contribution in [0.1, 0.15) is 23.7 Å². The van der Waals surface area contributed by atoms with Crippen molar-refractivity contribution in [3.63, 3.8) is 0 Å². The molecule has 0 aliphatic rings. The zero-order chi connectivity index (χ0) is 15.1. The maximum absolute atomic E-state index is 11.7. The summed E-state index contributed by atoms with van der Waals surface area (Å²) >= 11 is 1.70. The molecule has 1 atom stereocenters. The Bertz CT molecular complexity index is 493. The van der Waals surface area contributed by atoms with Gasteiger partial charge in [-0.05, 0) is 43.6 Å². The first kappa shape index (κ1) is 16.2. The standard InChI is InChI=1S/C13H18N2O4S/c1-8(5-6-20-2)14-13(19)15-10-4-3-9(12(17)18)7-11(10)16/h3-4,7-8,16H,5-6H2,1-2H3,(H,17,18)(H2,14,15,19). The van der Waals surface area contributed by atoms with Gasteiger partial charge in [0.2, 0.25) is 0 Å². The molecule has 6 nitrogen and oxygen atoms in total. The molecule has 0 aliphatic carbocycles. The molecule has 0 spiro atoms. The SMILES string of the molecule is CSCCC(C)NC(=O)Nc1ccc(C(=O)O)cc1O. The molecule has 0 fully saturated rings. The Balaban J connectivity index is 2.60. The van der Waals surface area contributed by atoms with Crippen LogP contribution in [0.15, 0.2) is 18.2 Å². The molecule has 110 valence electrons. The van der Waals surface area contributed by atoms with Crippen molar-refractivity contribution in [3.8, 4) is 5.75 Å². The molecule has 0 aliphatic heterocycles. The van der Waals surface area contributed by atoms with Crippen LogP contribution in [-0.2, 0) is 0 Å². The molecule has 1 unspecified atom stereocenters. The van der Waals surface area contributed by atoms with E-state index in [0.717, 1.165) is 18.2 Å². The van der Waals surface area contributed by atoms with Crippen LogP contribution in [0.2, 0.25) is 0 Å². The number of thioether (sulfide) groups is 1. The van der Waals surface area contributed by atoms with Gasteiger partial charge in [0.15, 0.2) is 0 Å². The van der Waals surface area contributed by atoms with E-state index < -0.39 is 12.0 Å². The van der Waals surface area contributed by atoms with Gasteiger partial charge in [-0.25, -0.2) is 9.59 Å². The van der Waals surface area contributed by atoms with Gasteiger partial charge in [0.25, 0.3) is 0 Å². The number of urea groups is 1. The van der Waals surface area contributed by atoms with Gasteiger partial charge in [0.1, 0.15) is 5.75 Å². The van der Waals surface area contributed by atoms with E-state index in [1.165, 1.54) is 12.1 Å². The lowest BCUT2D eigenvalue weighted by Crippen LogP contribution is -2.36. The van der Waals surface area contributed by atoms with Gasteiger partial charge in [0.05, 0.1) is 11.3 Å². The number of hydrogen-bond acceptors (Lipinski definition) is 4. The average molecular weight is 298 g/mol. The number of benzene rings is 1. The first-order chi connectivity index (χ1) is 9.43. The molecule has 1 aromatic carbocycles. The Labute approximate surface area is 121 Å². The Morgan fingerprint density at radius 2 is 2.10 bits per heavy atom. The normalized spacial score (nSPS) is 11.7. The van der Waals surface area contributed by atoms with Crippen LogP contribution >= 0.6 is 11.8 Å². The molecular weight excluding hydrogens is 280 g/mol. The molecule has 0 heterocycles. The zero-order valence-corrected chi connectivity index (χ0v) is 12.2. The van der Waals surface area contributed by atoms with E-state index in [1.54, 1.807) is 11.8 Å². The summed E-state index contributed by atoms with van der Waals surface area (Å²) in [5.41, 5.74) is 0.131. The van der Waals surface area contributed by atoms with Gasteiger partial charge in [-0.1, -0.05) is 0 Å². The summed E-state index contributed by atoms with van der Waals surface area (Å²) in [5.74, 6) is -0.473. The largest absolute Gasteiger partial charge is 0.506 e. The Morgan fingerprint density at radius 1 is 1.40 bits per heavy atom. The van der Waals surface area contributed by atoms with E-state index in [-0.39, 0.29) is 23.0 Å². The van der Waals surface area contributed by atoms with Gasteiger partial charge in [-0.3, -0.25) is 0 Å². The molecule has 0 bridgehead atoms. The van der Waals surface area contributed by atoms with Crippen LogP contribution in [0.3, 0.4) is 0 Å². The van der Waals surface area contributed by atoms with Crippen molar-refractivity contribution in [2.75, 3.05) is 17.3 Å². The summed E-state index contributed by atoms with van der Waals surface area (Å²) in [7, 11) is 0. The Kier molecular flexibility index (Phi) is 6.17. The highest BCUT2D eigenvalue weighted by molar-refractivity contribution is 7.98. The van der Waals surface area contributed by atoms with Crippen molar-refractivity contribution in [1.82, 2.24) is 5.32 Å². The van der Waals surface area contributed by atoms with Gasteiger partial charge < -0.3 is 20.8 Å². The van der Waals surface area contributed by atoms with Gasteiger partial charge in [-0.2, -0.15) is 11.8 Å². The third-order valence-electron chi connectivity index (χ3n) is 2.63. The van der Waals surface area contributed by atoms with Crippen LogP contribution < -0.4 is 10.6 Å². The summed E-state index contributed by atoms with van der Waals surface area (Å²) < 4.78 is 0. The molecular formula is C13H18N2O4S. The molecule has 0 radical (unpaired) electrons. The Hall–Kier alpha value is -1.89. The van der Waals surface area contributed by atoms with E-state index in [0.29, 0.717) is 0 Å². The number of rotatable bonds is 6. The van der Waals surface area contributed by atoms with Crippen LogP contribution in [0.5, 0.6) is 5.75 Å². The summed E-state index contributed by atoms with van der Waals surface area (Å²) in [6.45, 7) is 1.89. The van der Waals surface area contributed by atoms with Gasteiger partial charge >= 0.3 is 12.0 Å². The number of phenolic OH excluding ortho intramolecular Hbond substituents is 1. The molecule has 20 heavy (non-hydrogen) atoms. The zero-order valence-electron chi connectivity index (χ0n) is 11.3. The number of hydrogen-bond donors (Lipinski definition) is 4. The van der Waals surface area contributed by atoms with Crippen molar-refractivity contribution in [1.29, 1.82) is 0 Å². The minimum absolute atomic E-state index is 0.0166. The molecule has 7 heteroatoms. The summed E-state index contributed by atoms with van der Waals surface area (Å²) in [6, 6.07) is 3.34. The van der Waals surface area contributed by atoms with Crippen molar-refractivity contribution in [2.24, 2.45) is 0 Å². The van der Waals surface area contributed by atoms with Gasteiger partial charge in [-0.15, -0.1) is 0 Å². The van der Waals surface area contributed by atoms with E-state index in [1.807, 2.05) is 13.2 Å². The van der Waals surface area contributed by atoms with E-state index in [9.17, 15) is 14.7 Å². The van der Waals surface area contributed by atoms with Gasteiger partial charge in [0, 0.05) is 6.04 Å². The van der Waals surface area contributed by atoms with Crippen molar-refractivity contribution < 1.29 is 19.8 Å². The highest BCUT2D eigenvalue weighted by Crippen LogP contribution is 2.24. The molecule has 2 amide bonds. The minimum atomic E-state index is -1.14. The van der Waals surface area contributed by atoms with Crippen molar-refractivity contribution in [3.05, 3.63) is 23.8 Å². The van der Waals surface area contributed by atoms with Crippen molar-refractivity contribution in [2.45, 2.75) is 19.4 Å². The molecule has 4 N–H and O–H groups in total. The fraction of sp³-hybridized carbons (Fsp3) is 0.385. The second-order valence-corrected chi connectivity index (χ2v) is 5.30. The highest BCUT2D eigenvalue weighted by atomic mass is 32.2. The Morgan fingerprint density at radius 3 is 2.65 bits per heavy atom. The number of carbonyl (C=O) groups is 2. The maximum Gasteiger partial charge on any atom is 0.335 e. The fourth-order valence-electron chi connectivity index (χ4n) is 1.52. The number of nitrogens with one attached hydrogen (secondary N) is 2. The first-order valence-corrected chi connectivity index (χ1v) is 7.46. The number of carbonyl (C=O) groups excluding carboxylic acids is 1. The second-order valence-electron chi connectivity index (χ2n) is 4.32. The predicted molar refractivity (Wildman–Crippen MR) is 79.7 cm³/mol. The lowest BCUT2D eigenvalue weighted by atomic mass is 10.2. The van der Waals surface area contributed by atoms with E-state index in [2.05, 4.69) is 10.6 Å². The first-order valence-electron chi connectivity index (χ1n) is 6.06. The summed E-state index contributed by atoms with van der Waals surface area (Å²) in [6.07, 6.45) is 2.84. The monoisotopic (exact) mass is 298 g/mol. The number of amides is 2. The number of anilines is 1. The van der Waals surface area contributed by atoms with Crippen molar-refractivity contribution >= 4 is 29.4 Å². The lowest BCUT2D eigenvalue weighted by molar-refractivity contribution is 0.0696. The molecule has 0 aromatic heterocycles. The number of aromatic hydroxyl groups is 1. The smallest absolute Gasteiger partial charge is 0.335 e. The van der Waals surface area contributed by atoms with Crippen LogP contribution in [0, 0.1) is 0 Å². The van der Waals surface area contributed by atoms with Crippen LogP contribution in [0.4, 0.5) is 10.5 Å². The third-order valence-corrected chi connectivity index (χ3v) is 3.27. The molecule has 1 rings (SSSR count). The predicted octanol–water partition coefficient (Wildman–Crippen LogP) is 2.35. The third kappa shape index (κ3) is 5.00.